The zero-order chi connectivity index (χ0) is 9.26. The number of pyridine rings is 1. The van der Waals surface area contributed by atoms with E-state index in [2.05, 4.69) is 4.98 Å². The van der Waals surface area contributed by atoms with Crippen molar-refractivity contribution in [1.82, 2.24) is 9.38 Å². The van der Waals surface area contributed by atoms with Gasteiger partial charge in [-0.05, 0) is 12.1 Å². The summed E-state index contributed by atoms with van der Waals surface area (Å²) in [5.74, 6) is -0.842. The van der Waals surface area contributed by atoms with Gasteiger partial charge >= 0.3 is 5.97 Å². The van der Waals surface area contributed by atoms with Gasteiger partial charge in [-0.15, -0.1) is 0 Å². The number of hydrogen-bond acceptors (Lipinski definition) is 2. The fourth-order valence-corrected chi connectivity index (χ4v) is 1.27. The van der Waals surface area contributed by atoms with Crippen LogP contribution in [0.4, 0.5) is 0 Å². The standard InChI is InChI=1S/C9H8N2O2/c12-9(13)5-7-6-10-8-3-1-2-4-11(7)8/h1-4,6H,5H2,(H,12,13). The van der Waals surface area contributed by atoms with Crippen LogP contribution in [0.3, 0.4) is 0 Å². The molecule has 0 aliphatic rings. The second-order valence-corrected chi connectivity index (χ2v) is 2.75. The Kier molecular flexibility index (Phi) is 1.73. The van der Waals surface area contributed by atoms with Crippen molar-refractivity contribution in [2.24, 2.45) is 0 Å². The highest BCUT2D eigenvalue weighted by molar-refractivity contribution is 5.70. The van der Waals surface area contributed by atoms with E-state index in [1.54, 1.807) is 16.8 Å². The maximum atomic E-state index is 10.5. The first kappa shape index (κ1) is 7.79. The number of hydrogen-bond donors (Lipinski definition) is 1. The highest BCUT2D eigenvalue weighted by Crippen LogP contribution is 2.06. The lowest BCUT2D eigenvalue weighted by Crippen LogP contribution is -2.02. The summed E-state index contributed by atoms with van der Waals surface area (Å²) < 4.78 is 1.77. The van der Waals surface area contributed by atoms with Gasteiger partial charge < -0.3 is 9.51 Å². The summed E-state index contributed by atoms with van der Waals surface area (Å²) in [6.45, 7) is 0. The summed E-state index contributed by atoms with van der Waals surface area (Å²) in [5.41, 5.74) is 1.47. The average molecular weight is 176 g/mol. The molecule has 4 nitrogen and oxygen atoms in total. The van der Waals surface area contributed by atoms with E-state index in [-0.39, 0.29) is 6.42 Å². The number of carbonyl (C=O) groups is 1. The molecule has 0 saturated heterocycles. The lowest BCUT2D eigenvalue weighted by atomic mass is 10.3. The maximum absolute atomic E-state index is 10.5. The zero-order valence-corrected chi connectivity index (χ0v) is 6.84. The molecule has 1 N–H and O–H groups in total. The Bertz CT molecular complexity index is 448. The highest BCUT2D eigenvalue weighted by atomic mass is 16.4. The molecule has 2 heterocycles. The second kappa shape index (κ2) is 2.90. The number of aromatic nitrogens is 2. The van der Waals surface area contributed by atoms with Crippen LogP contribution in [0.1, 0.15) is 5.69 Å². The molecule has 2 aromatic heterocycles. The predicted octanol–water partition coefficient (Wildman–Crippen LogP) is 0.961. The first-order valence-electron chi connectivity index (χ1n) is 3.90. The topological polar surface area (TPSA) is 54.6 Å². The molecule has 13 heavy (non-hydrogen) atoms. The van der Waals surface area contributed by atoms with Gasteiger partial charge in [-0.2, -0.15) is 0 Å². The van der Waals surface area contributed by atoms with Gasteiger partial charge in [0, 0.05) is 12.4 Å². The van der Waals surface area contributed by atoms with Gasteiger partial charge in [0.2, 0.25) is 0 Å². The van der Waals surface area contributed by atoms with Gasteiger partial charge in [0.1, 0.15) is 5.65 Å². The van der Waals surface area contributed by atoms with E-state index in [1.807, 2.05) is 18.2 Å². The molecular weight excluding hydrogens is 168 g/mol. The number of imidazole rings is 1. The lowest BCUT2D eigenvalue weighted by Gasteiger charge is -1.96. The molecule has 0 bridgehead atoms. The van der Waals surface area contributed by atoms with Crippen molar-refractivity contribution >= 4 is 11.6 Å². The molecule has 0 aliphatic heterocycles. The Morgan fingerprint density at radius 2 is 2.38 bits per heavy atom. The van der Waals surface area contributed by atoms with E-state index in [1.165, 1.54) is 0 Å². The van der Waals surface area contributed by atoms with E-state index in [0.717, 1.165) is 5.65 Å². The molecule has 2 aromatic rings. The summed E-state index contributed by atoms with van der Waals surface area (Å²) in [5, 5.41) is 8.60. The van der Waals surface area contributed by atoms with Crippen molar-refractivity contribution in [1.29, 1.82) is 0 Å². The summed E-state index contributed by atoms with van der Waals surface area (Å²) in [7, 11) is 0. The Labute approximate surface area is 74.5 Å². The van der Waals surface area contributed by atoms with Crippen molar-refractivity contribution in [2.45, 2.75) is 6.42 Å². The van der Waals surface area contributed by atoms with Crippen LogP contribution in [-0.2, 0) is 11.2 Å². The van der Waals surface area contributed by atoms with Crippen LogP contribution in [-0.4, -0.2) is 20.5 Å². The number of carboxylic acids is 1. The van der Waals surface area contributed by atoms with E-state index in [4.69, 9.17) is 5.11 Å². The Balaban J connectivity index is 2.51. The third-order valence-corrected chi connectivity index (χ3v) is 1.83. The quantitative estimate of drug-likeness (QED) is 0.741. The molecule has 4 heteroatoms. The van der Waals surface area contributed by atoms with Crippen molar-refractivity contribution in [3.05, 3.63) is 36.3 Å². The van der Waals surface area contributed by atoms with Crippen LogP contribution >= 0.6 is 0 Å². The maximum Gasteiger partial charge on any atom is 0.309 e. The largest absolute Gasteiger partial charge is 0.481 e. The minimum absolute atomic E-state index is 0.00514. The van der Waals surface area contributed by atoms with Crippen LogP contribution in [0.25, 0.3) is 5.65 Å². The van der Waals surface area contributed by atoms with E-state index >= 15 is 0 Å². The Morgan fingerprint density at radius 3 is 3.15 bits per heavy atom. The number of aliphatic carboxylic acids is 1. The summed E-state index contributed by atoms with van der Waals surface area (Å²) in [6, 6.07) is 5.55. The Hall–Kier alpha value is -1.84. The van der Waals surface area contributed by atoms with Gasteiger partial charge in [0.05, 0.1) is 12.1 Å². The van der Waals surface area contributed by atoms with Crippen molar-refractivity contribution in [3.8, 4) is 0 Å². The van der Waals surface area contributed by atoms with Crippen LogP contribution in [0.2, 0.25) is 0 Å². The molecule has 0 amide bonds. The van der Waals surface area contributed by atoms with Crippen LogP contribution in [0.15, 0.2) is 30.6 Å². The van der Waals surface area contributed by atoms with Crippen LogP contribution in [0, 0.1) is 0 Å². The molecular formula is C9H8N2O2. The van der Waals surface area contributed by atoms with Crippen LogP contribution in [0.5, 0.6) is 0 Å². The molecule has 66 valence electrons. The van der Waals surface area contributed by atoms with Crippen LogP contribution < -0.4 is 0 Å². The van der Waals surface area contributed by atoms with E-state index in [9.17, 15) is 4.79 Å². The summed E-state index contributed by atoms with van der Waals surface area (Å²) >= 11 is 0. The molecule has 0 saturated carbocycles. The van der Waals surface area contributed by atoms with Crippen molar-refractivity contribution in [3.63, 3.8) is 0 Å². The first-order chi connectivity index (χ1) is 6.27. The fourth-order valence-electron chi connectivity index (χ4n) is 1.27. The highest BCUT2D eigenvalue weighted by Gasteiger charge is 2.05. The number of carboxylic acid groups (broad SMARTS) is 1. The SMILES string of the molecule is O=C(O)Cc1cnc2ccccn12. The molecule has 0 atom stereocenters. The lowest BCUT2D eigenvalue weighted by molar-refractivity contribution is -0.136. The number of rotatable bonds is 2. The smallest absolute Gasteiger partial charge is 0.309 e. The number of fused-ring (bicyclic) bond motifs is 1. The molecule has 2 rings (SSSR count). The first-order valence-corrected chi connectivity index (χ1v) is 3.90. The van der Waals surface area contributed by atoms with Gasteiger partial charge in [-0.1, -0.05) is 6.07 Å². The van der Waals surface area contributed by atoms with E-state index in [0.29, 0.717) is 5.69 Å². The van der Waals surface area contributed by atoms with Gasteiger partial charge in [0.15, 0.2) is 0 Å². The molecule has 0 aliphatic carbocycles. The van der Waals surface area contributed by atoms with Gasteiger partial charge in [-0.25, -0.2) is 4.98 Å². The van der Waals surface area contributed by atoms with E-state index < -0.39 is 5.97 Å². The number of nitrogens with zero attached hydrogens (tertiary/aromatic N) is 2. The minimum Gasteiger partial charge on any atom is -0.481 e. The Morgan fingerprint density at radius 1 is 1.54 bits per heavy atom. The van der Waals surface area contributed by atoms with Gasteiger partial charge in [0.25, 0.3) is 0 Å². The third-order valence-electron chi connectivity index (χ3n) is 1.83. The third kappa shape index (κ3) is 1.38. The summed E-state index contributed by atoms with van der Waals surface area (Å²) in [6.07, 6.45) is 3.40. The normalized spacial score (nSPS) is 10.5. The molecule has 0 spiro atoms. The molecule has 0 radical (unpaired) electrons. The van der Waals surface area contributed by atoms with Crippen molar-refractivity contribution in [2.75, 3.05) is 0 Å². The molecule has 0 aromatic carbocycles. The fraction of sp³-hybridized carbons (Fsp3) is 0.111. The summed E-state index contributed by atoms with van der Waals surface area (Å²) in [4.78, 5) is 14.5. The monoisotopic (exact) mass is 176 g/mol. The van der Waals surface area contributed by atoms with Crippen molar-refractivity contribution < 1.29 is 9.90 Å². The predicted molar refractivity (Wildman–Crippen MR) is 46.5 cm³/mol. The zero-order valence-electron chi connectivity index (χ0n) is 6.84. The average Bonchev–Trinajstić information content (AvgIpc) is 2.48. The molecule has 0 unspecified atom stereocenters. The minimum atomic E-state index is -0.842. The molecule has 0 fully saturated rings. The second-order valence-electron chi connectivity index (χ2n) is 2.75. The van der Waals surface area contributed by atoms with Gasteiger partial charge in [-0.3, -0.25) is 4.79 Å².